The quantitative estimate of drug-likeness (QED) is 0.365. The molecular weight excluding hydrogens is 334 g/mol. The number of ketones is 1. The zero-order valence-electron chi connectivity index (χ0n) is 14.4. The average Bonchev–Trinajstić information content (AvgIpc) is 2.67. The van der Waals surface area contributed by atoms with Gasteiger partial charge >= 0.3 is 0 Å². The van der Waals surface area contributed by atoms with Crippen molar-refractivity contribution in [2.75, 3.05) is 31.1 Å². The van der Waals surface area contributed by atoms with Gasteiger partial charge in [0.1, 0.15) is 0 Å². The van der Waals surface area contributed by atoms with E-state index in [9.17, 15) is 19.7 Å². The van der Waals surface area contributed by atoms with Crippen LogP contribution in [0.4, 0.5) is 11.4 Å². The number of hydrogen-bond donors (Lipinski definition) is 0. The summed E-state index contributed by atoms with van der Waals surface area (Å²) < 4.78 is 0. The lowest BCUT2D eigenvalue weighted by Crippen LogP contribution is -2.50. The fourth-order valence-electron chi connectivity index (χ4n) is 2.95. The van der Waals surface area contributed by atoms with E-state index in [4.69, 9.17) is 0 Å². The number of carbonyl (C=O) groups excluding carboxylic acids is 2. The van der Waals surface area contributed by atoms with Crippen LogP contribution in [0.2, 0.25) is 0 Å². The molecule has 1 saturated heterocycles. The molecule has 0 aliphatic carbocycles. The number of carbonyl (C=O) groups is 2. The maximum absolute atomic E-state index is 12.5. The van der Waals surface area contributed by atoms with Crippen LogP contribution in [-0.2, 0) is 4.79 Å². The van der Waals surface area contributed by atoms with Gasteiger partial charge in [0.2, 0.25) is 0 Å². The first-order chi connectivity index (χ1) is 12.5. The van der Waals surface area contributed by atoms with E-state index in [1.54, 1.807) is 0 Å². The SMILES string of the molecule is Cc1ccc(N2CCN(C(=O)C(=O)c3cccc([N+](=O)[O-])c3)CC2)cc1. The lowest BCUT2D eigenvalue weighted by Gasteiger charge is -2.35. The van der Waals surface area contributed by atoms with E-state index in [0.29, 0.717) is 26.2 Å². The largest absolute Gasteiger partial charge is 0.368 e. The number of benzene rings is 2. The van der Waals surface area contributed by atoms with E-state index in [1.807, 2.05) is 31.2 Å². The van der Waals surface area contributed by atoms with Gasteiger partial charge in [0, 0.05) is 49.6 Å². The number of nitro benzene ring substituents is 1. The molecule has 2 aromatic rings. The summed E-state index contributed by atoms with van der Waals surface area (Å²) in [6.07, 6.45) is 0. The maximum Gasteiger partial charge on any atom is 0.295 e. The summed E-state index contributed by atoms with van der Waals surface area (Å²) in [5.41, 5.74) is 2.12. The van der Waals surface area contributed by atoms with E-state index >= 15 is 0 Å². The van der Waals surface area contributed by atoms with Crippen molar-refractivity contribution in [3.8, 4) is 0 Å². The van der Waals surface area contributed by atoms with Gasteiger partial charge in [-0.2, -0.15) is 0 Å². The molecule has 0 saturated carbocycles. The maximum atomic E-state index is 12.5. The molecule has 134 valence electrons. The zero-order chi connectivity index (χ0) is 18.7. The normalized spacial score (nSPS) is 14.2. The van der Waals surface area contributed by atoms with Crippen LogP contribution in [-0.4, -0.2) is 47.7 Å². The van der Waals surface area contributed by atoms with Crippen LogP contribution in [0.1, 0.15) is 15.9 Å². The highest BCUT2D eigenvalue weighted by atomic mass is 16.6. The molecular formula is C19H19N3O4. The molecule has 0 radical (unpaired) electrons. The molecule has 1 fully saturated rings. The van der Waals surface area contributed by atoms with E-state index in [2.05, 4.69) is 4.90 Å². The molecule has 0 aromatic heterocycles. The Morgan fingerprint density at radius 2 is 1.65 bits per heavy atom. The summed E-state index contributed by atoms with van der Waals surface area (Å²) in [5, 5.41) is 10.8. The Hall–Kier alpha value is -3.22. The number of aryl methyl sites for hydroxylation is 1. The lowest BCUT2D eigenvalue weighted by atomic mass is 10.1. The molecule has 26 heavy (non-hydrogen) atoms. The second-order valence-electron chi connectivity index (χ2n) is 6.25. The third-order valence-electron chi connectivity index (χ3n) is 4.48. The summed E-state index contributed by atoms with van der Waals surface area (Å²) in [7, 11) is 0. The van der Waals surface area contributed by atoms with Crippen LogP contribution in [0.5, 0.6) is 0 Å². The van der Waals surface area contributed by atoms with Gasteiger partial charge in [-0.1, -0.05) is 29.8 Å². The molecule has 0 unspecified atom stereocenters. The smallest absolute Gasteiger partial charge is 0.295 e. The highest BCUT2D eigenvalue weighted by Gasteiger charge is 2.27. The van der Waals surface area contributed by atoms with Crippen molar-refractivity contribution in [3.05, 3.63) is 69.8 Å². The first kappa shape index (κ1) is 17.6. The van der Waals surface area contributed by atoms with Gasteiger partial charge in [0.25, 0.3) is 17.4 Å². The predicted molar refractivity (Wildman–Crippen MR) is 97.4 cm³/mol. The van der Waals surface area contributed by atoms with Crippen LogP contribution >= 0.6 is 0 Å². The van der Waals surface area contributed by atoms with Gasteiger partial charge in [0.15, 0.2) is 0 Å². The van der Waals surface area contributed by atoms with E-state index < -0.39 is 16.6 Å². The van der Waals surface area contributed by atoms with Gasteiger partial charge in [-0.25, -0.2) is 0 Å². The topological polar surface area (TPSA) is 83.8 Å². The summed E-state index contributed by atoms with van der Waals surface area (Å²) in [5.74, 6) is -1.33. The number of nitro groups is 1. The molecule has 0 N–H and O–H groups in total. The number of piperazine rings is 1. The number of hydrogen-bond acceptors (Lipinski definition) is 5. The van der Waals surface area contributed by atoms with Gasteiger partial charge in [-0.3, -0.25) is 19.7 Å². The van der Waals surface area contributed by atoms with E-state index in [-0.39, 0.29) is 11.3 Å². The Balaban J connectivity index is 1.64. The van der Waals surface area contributed by atoms with Gasteiger partial charge in [-0.05, 0) is 19.1 Å². The molecule has 7 heteroatoms. The molecule has 0 bridgehead atoms. The van der Waals surface area contributed by atoms with Crippen molar-refractivity contribution in [1.82, 2.24) is 4.90 Å². The number of non-ortho nitro benzene ring substituents is 1. The Morgan fingerprint density at radius 1 is 1.00 bits per heavy atom. The number of rotatable bonds is 4. The highest BCUT2D eigenvalue weighted by molar-refractivity contribution is 6.42. The second kappa shape index (κ2) is 7.35. The highest BCUT2D eigenvalue weighted by Crippen LogP contribution is 2.18. The summed E-state index contributed by atoms with van der Waals surface area (Å²) in [4.78, 5) is 38.8. The van der Waals surface area contributed by atoms with Crippen molar-refractivity contribution < 1.29 is 14.5 Å². The summed E-state index contributed by atoms with van der Waals surface area (Å²) >= 11 is 0. The third-order valence-corrected chi connectivity index (χ3v) is 4.48. The number of amides is 1. The molecule has 0 atom stereocenters. The Labute approximate surface area is 151 Å². The number of Topliss-reactive ketones (excluding diaryl/α,β-unsaturated/α-hetero) is 1. The third kappa shape index (κ3) is 3.72. The average molecular weight is 353 g/mol. The fourth-order valence-corrected chi connectivity index (χ4v) is 2.95. The zero-order valence-corrected chi connectivity index (χ0v) is 14.4. The Morgan fingerprint density at radius 3 is 2.27 bits per heavy atom. The van der Waals surface area contributed by atoms with Crippen molar-refractivity contribution in [3.63, 3.8) is 0 Å². The minimum atomic E-state index is -0.711. The molecule has 7 nitrogen and oxygen atoms in total. The van der Waals surface area contributed by atoms with Gasteiger partial charge in [-0.15, -0.1) is 0 Å². The van der Waals surface area contributed by atoms with Crippen LogP contribution in [0, 0.1) is 17.0 Å². The van der Waals surface area contributed by atoms with E-state index in [0.717, 1.165) is 11.8 Å². The minimum Gasteiger partial charge on any atom is -0.368 e. The number of anilines is 1. The van der Waals surface area contributed by atoms with Crippen molar-refractivity contribution in [2.24, 2.45) is 0 Å². The fraction of sp³-hybridized carbons (Fsp3) is 0.263. The second-order valence-corrected chi connectivity index (χ2v) is 6.25. The van der Waals surface area contributed by atoms with Crippen LogP contribution in [0.25, 0.3) is 0 Å². The van der Waals surface area contributed by atoms with Crippen LogP contribution in [0.3, 0.4) is 0 Å². The molecule has 2 aromatic carbocycles. The van der Waals surface area contributed by atoms with Gasteiger partial charge < -0.3 is 9.80 Å². The predicted octanol–water partition coefficient (Wildman–Crippen LogP) is 2.43. The Bertz CT molecular complexity index is 840. The molecule has 3 rings (SSSR count). The molecule has 1 aliphatic rings. The standard InChI is InChI=1S/C19H19N3O4/c1-14-5-7-16(8-6-14)20-9-11-21(12-10-20)19(24)18(23)15-3-2-4-17(13-15)22(25)26/h2-8,13H,9-12H2,1H3. The number of nitrogens with zero attached hydrogens (tertiary/aromatic N) is 3. The first-order valence-corrected chi connectivity index (χ1v) is 8.35. The van der Waals surface area contributed by atoms with Crippen LogP contribution in [0.15, 0.2) is 48.5 Å². The molecule has 1 heterocycles. The molecule has 1 aliphatic heterocycles. The molecule has 1 amide bonds. The first-order valence-electron chi connectivity index (χ1n) is 8.35. The van der Waals surface area contributed by atoms with Crippen LogP contribution < -0.4 is 4.90 Å². The van der Waals surface area contributed by atoms with Crippen molar-refractivity contribution in [2.45, 2.75) is 6.92 Å². The lowest BCUT2D eigenvalue weighted by molar-refractivity contribution is -0.384. The van der Waals surface area contributed by atoms with E-state index in [1.165, 1.54) is 28.7 Å². The van der Waals surface area contributed by atoms with Crippen molar-refractivity contribution >= 4 is 23.1 Å². The van der Waals surface area contributed by atoms with Crippen molar-refractivity contribution in [1.29, 1.82) is 0 Å². The molecule has 0 spiro atoms. The summed E-state index contributed by atoms with van der Waals surface area (Å²) in [6.45, 7) is 4.18. The Kier molecular flexibility index (Phi) is 4.97. The summed E-state index contributed by atoms with van der Waals surface area (Å²) in [6, 6.07) is 13.4. The minimum absolute atomic E-state index is 0.0464. The monoisotopic (exact) mass is 353 g/mol. The van der Waals surface area contributed by atoms with Gasteiger partial charge in [0.05, 0.1) is 4.92 Å².